The second kappa shape index (κ2) is 9.69. The first-order valence-corrected chi connectivity index (χ1v) is 7.92. The summed E-state index contributed by atoms with van der Waals surface area (Å²) in [4.78, 5) is 16.8. The van der Waals surface area contributed by atoms with Gasteiger partial charge in [0.25, 0.3) is 5.91 Å². The van der Waals surface area contributed by atoms with Crippen molar-refractivity contribution in [3.8, 4) is 17.6 Å². The van der Waals surface area contributed by atoms with Crippen LogP contribution in [0.25, 0.3) is 0 Å². The van der Waals surface area contributed by atoms with Gasteiger partial charge in [-0.3, -0.25) is 4.79 Å². The number of amides is 1. The molecule has 0 aliphatic heterocycles. The molecule has 0 aliphatic rings. The number of nitrogens with zero attached hydrogens (tertiary/aromatic N) is 2. The van der Waals surface area contributed by atoms with E-state index >= 15 is 0 Å². The van der Waals surface area contributed by atoms with Crippen molar-refractivity contribution in [3.63, 3.8) is 0 Å². The van der Waals surface area contributed by atoms with Gasteiger partial charge in [-0.05, 0) is 43.3 Å². The summed E-state index contributed by atoms with van der Waals surface area (Å²) >= 11 is 0. The van der Waals surface area contributed by atoms with E-state index in [0.717, 1.165) is 5.56 Å². The number of rotatable bonds is 8. The van der Waals surface area contributed by atoms with Crippen molar-refractivity contribution in [1.29, 1.82) is 5.26 Å². The highest BCUT2D eigenvalue weighted by Crippen LogP contribution is 2.27. The topological polar surface area (TPSA) is 92.9 Å². The Hall–Kier alpha value is -3.53. The fraction of sp³-hybridized carbons (Fsp3) is 0.211. The molecule has 1 amide bonds. The zero-order valence-corrected chi connectivity index (χ0v) is 14.6. The number of nitrogens with one attached hydrogen (secondary N) is 1. The van der Waals surface area contributed by atoms with Crippen molar-refractivity contribution >= 4 is 17.8 Å². The van der Waals surface area contributed by atoms with Crippen molar-refractivity contribution in [3.05, 3.63) is 53.6 Å². The Balaban J connectivity index is 1.86. The van der Waals surface area contributed by atoms with E-state index in [-0.39, 0.29) is 12.5 Å². The van der Waals surface area contributed by atoms with Crippen LogP contribution < -0.4 is 14.8 Å². The second-order valence-electron chi connectivity index (χ2n) is 5.09. The monoisotopic (exact) mass is 353 g/mol. The van der Waals surface area contributed by atoms with Crippen LogP contribution in [0.3, 0.4) is 0 Å². The van der Waals surface area contributed by atoms with Gasteiger partial charge in [-0.15, -0.1) is 0 Å². The highest BCUT2D eigenvalue weighted by Gasteiger charge is 2.05. The molecule has 1 N–H and O–H groups in total. The summed E-state index contributed by atoms with van der Waals surface area (Å²) in [5, 5.41) is 15.2. The number of anilines is 1. The molecule has 2 rings (SSSR count). The minimum Gasteiger partial charge on any atom is -0.493 e. The number of carbonyl (C=O) groups is 1. The molecule has 0 atom stereocenters. The zero-order valence-electron chi connectivity index (χ0n) is 14.6. The standard InChI is InChI=1S/C19H19N3O4/c1-3-25-17-8-7-15(10-18(17)24-2)12-21-26-13-19(23)22-16-6-4-5-14(9-16)11-20/h4-10,12H,3,13H2,1-2H3,(H,22,23). The van der Waals surface area contributed by atoms with Crippen molar-refractivity contribution in [1.82, 2.24) is 0 Å². The van der Waals surface area contributed by atoms with Gasteiger partial charge in [0.15, 0.2) is 18.1 Å². The SMILES string of the molecule is CCOc1ccc(C=NOCC(=O)Nc2cccc(C#N)c2)cc1OC. The first-order valence-electron chi connectivity index (χ1n) is 7.92. The van der Waals surface area contributed by atoms with Crippen molar-refractivity contribution in [2.75, 3.05) is 25.6 Å². The normalized spacial score (nSPS) is 10.2. The molecular formula is C19H19N3O4. The lowest BCUT2D eigenvalue weighted by atomic mass is 10.2. The van der Waals surface area contributed by atoms with Gasteiger partial charge in [0.05, 0.1) is 31.6 Å². The zero-order chi connectivity index (χ0) is 18.8. The first-order chi connectivity index (χ1) is 12.7. The van der Waals surface area contributed by atoms with Crippen LogP contribution in [0.4, 0.5) is 5.69 Å². The van der Waals surface area contributed by atoms with E-state index in [4.69, 9.17) is 19.6 Å². The van der Waals surface area contributed by atoms with Crippen molar-refractivity contribution in [2.24, 2.45) is 5.16 Å². The van der Waals surface area contributed by atoms with Crippen LogP contribution >= 0.6 is 0 Å². The van der Waals surface area contributed by atoms with Gasteiger partial charge in [-0.25, -0.2) is 0 Å². The molecule has 134 valence electrons. The van der Waals surface area contributed by atoms with Crippen LogP contribution in [-0.2, 0) is 9.63 Å². The summed E-state index contributed by atoms with van der Waals surface area (Å²) < 4.78 is 10.7. The molecular weight excluding hydrogens is 334 g/mol. The van der Waals surface area contributed by atoms with Crippen LogP contribution in [0.2, 0.25) is 0 Å². The van der Waals surface area contributed by atoms with Gasteiger partial charge in [0.1, 0.15) is 0 Å². The van der Waals surface area contributed by atoms with E-state index in [2.05, 4.69) is 10.5 Å². The minimum absolute atomic E-state index is 0.249. The van der Waals surface area contributed by atoms with Crippen LogP contribution in [0, 0.1) is 11.3 Å². The van der Waals surface area contributed by atoms with Gasteiger partial charge in [-0.2, -0.15) is 5.26 Å². The number of methoxy groups -OCH3 is 1. The van der Waals surface area contributed by atoms with E-state index in [1.54, 1.807) is 49.6 Å². The number of oxime groups is 1. The lowest BCUT2D eigenvalue weighted by molar-refractivity contribution is -0.120. The highest BCUT2D eigenvalue weighted by molar-refractivity contribution is 5.91. The Morgan fingerprint density at radius 1 is 1.27 bits per heavy atom. The third-order valence-corrected chi connectivity index (χ3v) is 3.23. The number of hydrogen-bond donors (Lipinski definition) is 1. The predicted octanol–water partition coefficient (Wildman–Crippen LogP) is 2.95. The van der Waals surface area contributed by atoms with Crippen molar-refractivity contribution < 1.29 is 19.1 Å². The summed E-state index contributed by atoms with van der Waals surface area (Å²) in [7, 11) is 1.56. The molecule has 2 aromatic carbocycles. The van der Waals surface area contributed by atoms with Crippen LogP contribution in [0.1, 0.15) is 18.1 Å². The summed E-state index contributed by atoms with van der Waals surface area (Å²) in [6.07, 6.45) is 1.47. The summed E-state index contributed by atoms with van der Waals surface area (Å²) in [5.41, 5.74) is 1.73. The van der Waals surface area contributed by atoms with Gasteiger partial charge < -0.3 is 19.6 Å². The van der Waals surface area contributed by atoms with E-state index in [0.29, 0.717) is 29.4 Å². The molecule has 0 unspecified atom stereocenters. The lowest BCUT2D eigenvalue weighted by Gasteiger charge is -2.09. The molecule has 0 heterocycles. The maximum atomic E-state index is 11.8. The Kier molecular flexibility index (Phi) is 7.01. The molecule has 26 heavy (non-hydrogen) atoms. The molecule has 7 heteroatoms. The maximum absolute atomic E-state index is 11.8. The summed E-state index contributed by atoms with van der Waals surface area (Å²) in [5.74, 6) is 0.861. The van der Waals surface area contributed by atoms with E-state index in [1.807, 2.05) is 13.0 Å². The quantitative estimate of drug-likeness (QED) is 0.582. The molecule has 0 aromatic heterocycles. The number of hydrogen-bond acceptors (Lipinski definition) is 6. The van der Waals surface area contributed by atoms with Crippen molar-refractivity contribution in [2.45, 2.75) is 6.92 Å². The van der Waals surface area contributed by atoms with Gasteiger partial charge in [0.2, 0.25) is 0 Å². The largest absolute Gasteiger partial charge is 0.493 e. The second-order valence-corrected chi connectivity index (χ2v) is 5.09. The number of nitriles is 1. The molecule has 0 saturated heterocycles. The van der Waals surface area contributed by atoms with Gasteiger partial charge >= 0.3 is 0 Å². The average Bonchev–Trinajstić information content (AvgIpc) is 2.66. The van der Waals surface area contributed by atoms with Gasteiger partial charge in [-0.1, -0.05) is 11.2 Å². The van der Waals surface area contributed by atoms with E-state index in [1.165, 1.54) is 6.21 Å². The molecule has 0 saturated carbocycles. The molecule has 0 fully saturated rings. The number of ether oxygens (including phenoxy) is 2. The van der Waals surface area contributed by atoms with Crippen LogP contribution in [0.5, 0.6) is 11.5 Å². The van der Waals surface area contributed by atoms with Crippen LogP contribution in [0.15, 0.2) is 47.6 Å². The Labute approximate surface area is 151 Å². The molecule has 0 aliphatic carbocycles. The highest BCUT2D eigenvalue weighted by atomic mass is 16.6. The fourth-order valence-corrected chi connectivity index (χ4v) is 2.10. The molecule has 7 nitrogen and oxygen atoms in total. The minimum atomic E-state index is -0.374. The third kappa shape index (κ3) is 5.53. The third-order valence-electron chi connectivity index (χ3n) is 3.23. The maximum Gasteiger partial charge on any atom is 0.265 e. The van der Waals surface area contributed by atoms with E-state index in [9.17, 15) is 4.79 Å². The van der Waals surface area contributed by atoms with Gasteiger partial charge in [0, 0.05) is 11.3 Å². The van der Waals surface area contributed by atoms with E-state index < -0.39 is 0 Å². The summed E-state index contributed by atoms with van der Waals surface area (Å²) in [6, 6.07) is 13.9. The molecule has 0 radical (unpaired) electrons. The smallest absolute Gasteiger partial charge is 0.265 e. The predicted molar refractivity (Wildman–Crippen MR) is 97.5 cm³/mol. The fourth-order valence-electron chi connectivity index (χ4n) is 2.10. The summed E-state index contributed by atoms with van der Waals surface area (Å²) in [6.45, 7) is 2.19. The average molecular weight is 353 g/mol. The Morgan fingerprint density at radius 2 is 2.12 bits per heavy atom. The Bertz CT molecular complexity index is 828. The lowest BCUT2D eigenvalue weighted by Crippen LogP contribution is -2.17. The molecule has 0 bridgehead atoms. The number of carbonyl (C=O) groups excluding carboxylic acids is 1. The Morgan fingerprint density at radius 3 is 2.85 bits per heavy atom. The number of benzene rings is 2. The molecule has 0 spiro atoms. The first kappa shape index (κ1) is 18.8. The molecule has 2 aromatic rings. The van der Waals surface area contributed by atoms with Crippen LogP contribution in [-0.4, -0.2) is 32.4 Å².